The van der Waals surface area contributed by atoms with E-state index in [2.05, 4.69) is 21.2 Å². The zero-order valence-corrected chi connectivity index (χ0v) is 13.0. The van der Waals surface area contributed by atoms with Crippen LogP contribution in [-0.4, -0.2) is 4.92 Å². The van der Waals surface area contributed by atoms with E-state index in [1.165, 1.54) is 18.2 Å². The molecule has 106 valence electrons. The highest BCUT2D eigenvalue weighted by Gasteiger charge is 2.14. The van der Waals surface area contributed by atoms with Crippen LogP contribution in [0, 0.1) is 21.4 Å². The number of nitro groups is 1. The molecule has 2 aromatic rings. The molecular weight excluding hydrogens is 358 g/mol. The molecule has 2 rings (SSSR count). The van der Waals surface area contributed by atoms with Gasteiger partial charge in [-0.1, -0.05) is 33.6 Å². The largest absolute Gasteiger partial charge is 0.375 e. The molecule has 0 fully saturated rings. The number of rotatable bonds is 4. The van der Waals surface area contributed by atoms with E-state index in [1.807, 2.05) is 18.2 Å². The molecule has 21 heavy (non-hydrogen) atoms. The number of nitrogens with zero attached hydrogens (tertiary/aromatic N) is 2. The van der Waals surface area contributed by atoms with Gasteiger partial charge in [0.15, 0.2) is 0 Å². The maximum atomic E-state index is 11.0. The summed E-state index contributed by atoms with van der Waals surface area (Å²) in [4.78, 5) is 10.5. The lowest BCUT2D eigenvalue weighted by molar-refractivity contribution is -0.384. The number of nitro benzene ring substituents is 1. The van der Waals surface area contributed by atoms with E-state index in [0.29, 0.717) is 17.3 Å². The maximum absolute atomic E-state index is 11.0. The zero-order chi connectivity index (χ0) is 15.4. The summed E-state index contributed by atoms with van der Waals surface area (Å²) in [5, 5.41) is 23.4. The molecule has 0 spiro atoms. The van der Waals surface area contributed by atoms with E-state index in [-0.39, 0.29) is 11.3 Å². The number of anilines is 1. The Morgan fingerprint density at radius 1 is 1.33 bits per heavy atom. The molecule has 1 N–H and O–H groups in total. The smallest absolute Gasteiger partial charge is 0.293 e. The number of nitriles is 1. The van der Waals surface area contributed by atoms with Crippen LogP contribution < -0.4 is 5.32 Å². The second kappa shape index (κ2) is 6.57. The first-order chi connectivity index (χ1) is 10.0. The minimum absolute atomic E-state index is 0.137. The van der Waals surface area contributed by atoms with Crippen molar-refractivity contribution in [1.82, 2.24) is 0 Å². The molecular formula is C14H9BrClN3O2. The SMILES string of the molecule is N#Cc1ccc(NCc2ccc(Br)cc2Cl)c([N+](=O)[O-])c1. The lowest BCUT2D eigenvalue weighted by Crippen LogP contribution is -2.03. The summed E-state index contributed by atoms with van der Waals surface area (Å²) in [7, 11) is 0. The molecule has 2 aromatic carbocycles. The fourth-order valence-electron chi connectivity index (χ4n) is 1.76. The quantitative estimate of drug-likeness (QED) is 0.638. The first kappa shape index (κ1) is 15.3. The second-order valence-corrected chi connectivity index (χ2v) is 5.51. The summed E-state index contributed by atoms with van der Waals surface area (Å²) >= 11 is 9.41. The Morgan fingerprint density at radius 3 is 2.71 bits per heavy atom. The van der Waals surface area contributed by atoms with Gasteiger partial charge in [-0.2, -0.15) is 5.26 Å². The van der Waals surface area contributed by atoms with Crippen molar-refractivity contribution >= 4 is 38.9 Å². The monoisotopic (exact) mass is 365 g/mol. The minimum Gasteiger partial charge on any atom is -0.375 e. The van der Waals surface area contributed by atoms with Crippen LogP contribution in [0.5, 0.6) is 0 Å². The molecule has 0 saturated heterocycles. The molecule has 0 aliphatic heterocycles. The molecule has 0 amide bonds. The number of hydrogen-bond acceptors (Lipinski definition) is 4. The molecule has 0 aromatic heterocycles. The summed E-state index contributed by atoms with van der Waals surface area (Å²) in [5.41, 5.74) is 1.27. The Morgan fingerprint density at radius 2 is 2.10 bits per heavy atom. The summed E-state index contributed by atoms with van der Waals surface area (Å²) in [6.07, 6.45) is 0. The fourth-order valence-corrected chi connectivity index (χ4v) is 2.50. The topological polar surface area (TPSA) is 79.0 Å². The third-order valence-corrected chi connectivity index (χ3v) is 3.65. The van der Waals surface area contributed by atoms with Gasteiger partial charge in [-0.05, 0) is 29.8 Å². The van der Waals surface area contributed by atoms with Crippen molar-refractivity contribution in [3.05, 3.63) is 67.1 Å². The highest BCUT2D eigenvalue weighted by Crippen LogP contribution is 2.27. The third-order valence-electron chi connectivity index (χ3n) is 2.81. The van der Waals surface area contributed by atoms with Crippen molar-refractivity contribution in [2.45, 2.75) is 6.54 Å². The van der Waals surface area contributed by atoms with Gasteiger partial charge in [-0.25, -0.2) is 0 Å². The summed E-state index contributed by atoms with van der Waals surface area (Å²) in [6.45, 7) is 0.346. The Bertz CT molecular complexity index is 743. The average Bonchev–Trinajstić information content (AvgIpc) is 2.46. The van der Waals surface area contributed by atoms with Crippen LogP contribution in [0.3, 0.4) is 0 Å². The van der Waals surface area contributed by atoms with Gasteiger partial charge in [-0.15, -0.1) is 0 Å². The Labute approximate surface area is 134 Å². The molecule has 0 saturated carbocycles. The van der Waals surface area contributed by atoms with E-state index in [0.717, 1.165) is 10.0 Å². The van der Waals surface area contributed by atoms with E-state index in [1.54, 1.807) is 6.07 Å². The van der Waals surface area contributed by atoms with Gasteiger partial charge >= 0.3 is 0 Å². The van der Waals surface area contributed by atoms with Gasteiger partial charge in [0.05, 0.1) is 16.6 Å². The molecule has 0 atom stereocenters. The van der Waals surface area contributed by atoms with Gasteiger partial charge in [0.2, 0.25) is 0 Å². The van der Waals surface area contributed by atoms with Crippen LogP contribution in [0.25, 0.3) is 0 Å². The molecule has 0 aliphatic carbocycles. The number of hydrogen-bond donors (Lipinski definition) is 1. The second-order valence-electron chi connectivity index (χ2n) is 4.19. The van der Waals surface area contributed by atoms with Gasteiger partial charge in [0.25, 0.3) is 5.69 Å². The first-order valence-corrected chi connectivity index (χ1v) is 7.04. The van der Waals surface area contributed by atoms with Crippen molar-refractivity contribution < 1.29 is 4.92 Å². The van der Waals surface area contributed by atoms with E-state index in [4.69, 9.17) is 16.9 Å². The van der Waals surface area contributed by atoms with Crippen LogP contribution in [-0.2, 0) is 6.54 Å². The van der Waals surface area contributed by atoms with E-state index in [9.17, 15) is 10.1 Å². The summed E-state index contributed by atoms with van der Waals surface area (Å²) in [6, 6.07) is 11.6. The van der Waals surface area contributed by atoms with Crippen molar-refractivity contribution in [3.8, 4) is 6.07 Å². The van der Waals surface area contributed by atoms with Gasteiger partial charge in [0.1, 0.15) is 5.69 Å². The van der Waals surface area contributed by atoms with Crippen LogP contribution in [0.4, 0.5) is 11.4 Å². The molecule has 0 radical (unpaired) electrons. The standard InChI is InChI=1S/C14H9BrClN3O2/c15-11-3-2-10(12(16)6-11)8-18-13-4-1-9(7-17)5-14(13)19(20)21/h1-6,18H,8H2. The maximum Gasteiger partial charge on any atom is 0.293 e. The summed E-state index contributed by atoms with van der Waals surface area (Å²) < 4.78 is 0.862. The summed E-state index contributed by atoms with van der Waals surface area (Å²) in [5.74, 6) is 0. The molecule has 0 unspecified atom stereocenters. The molecule has 7 heteroatoms. The lowest BCUT2D eigenvalue weighted by Gasteiger charge is -2.09. The van der Waals surface area contributed by atoms with Crippen LogP contribution >= 0.6 is 27.5 Å². The highest BCUT2D eigenvalue weighted by atomic mass is 79.9. The van der Waals surface area contributed by atoms with Crippen molar-refractivity contribution in [1.29, 1.82) is 5.26 Å². The molecule has 0 heterocycles. The average molecular weight is 367 g/mol. The van der Waals surface area contributed by atoms with Crippen molar-refractivity contribution in [2.75, 3.05) is 5.32 Å². The van der Waals surface area contributed by atoms with Gasteiger partial charge in [-0.3, -0.25) is 10.1 Å². The Balaban J connectivity index is 2.24. The minimum atomic E-state index is -0.521. The molecule has 0 aliphatic rings. The van der Waals surface area contributed by atoms with E-state index < -0.39 is 4.92 Å². The lowest BCUT2D eigenvalue weighted by atomic mass is 10.1. The van der Waals surface area contributed by atoms with Crippen molar-refractivity contribution in [2.24, 2.45) is 0 Å². The first-order valence-electron chi connectivity index (χ1n) is 5.87. The predicted octanol–water partition coefficient (Wildman–Crippen LogP) is 4.49. The number of nitrogens with one attached hydrogen (secondary N) is 1. The van der Waals surface area contributed by atoms with Gasteiger partial charge in [0, 0.05) is 22.1 Å². The third kappa shape index (κ3) is 3.72. The van der Waals surface area contributed by atoms with Crippen LogP contribution in [0.1, 0.15) is 11.1 Å². The predicted molar refractivity (Wildman–Crippen MR) is 84.3 cm³/mol. The Hall–Kier alpha value is -2.10. The number of benzene rings is 2. The molecule has 5 nitrogen and oxygen atoms in total. The highest BCUT2D eigenvalue weighted by molar-refractivity contribution is 9.10. The van der Waals surface area contributed by atoms with Crippen LogP contribution in [0.15, 0.2) is 40.9 Å². The molecule has 0 bridgehead atoms. The fraction of sp³-hybridized carbons (Fsp3) is 0.0714. The van der Waals surface area contributed by atoms with E-state index >= 15 is 0 Å². The van der Waals surface area contributed by atoms with Crippen LogP contribution in [0.2, 0.25) is 5.02 Å². The normalized spacial score (nSPS) is 9.95. The Kier molecular flexibility index (Phi) is 4.78. The van der Waals surface area contributed by atoms with Crippen molar-refractivity contribution in [3.63, 3.8) is 0 Å². The number of halogens is 2. The zero-order valence-electron chi connectivity index (χ0n) is 10.6. The van der Waals surface area contributed by atoms with Gasteiger partial charge < -0.3 is 5.32 Å².